The fourth-order valence-electron chi connectivity index (χ4n) is 1.15. The van der Waals surface area contributed by atoms with Crippen molar-refractivity contribution in [2.75, 3.05) is 0 Å². The van der Waals surface area contributed by atoms with Crippen LogP contribution in [0.5, 0.6) is 0 Å². The van der Waals surface area contributed by atoms with Crippen molar-refractivity contribution in [3.63, 3.8) is 0 Å². The van der Waals surface area contributed by atoms with Crippen LogP contribution in [0, 0.1) is 0 Å². The van der Waals surface area contributed by atoms with Crippen LogP contribution in [0.3, 0.4) is 0 Å². The third kappa shape index (κ3) is 1.84. The first kappa shape index (κ1) is 7.78. The zero-order chi connectivity index (χ0) is 8.93. The predicted molar refractivity (Wildman–Crippen MR) is 54.0 cm³/mol. The average molecular weight is 167 g/mol. The molecule has 2 rings (SSSR count). The quantitative estimate of drug-likeness (QED) is 0.586. The molecule has 1 aliphatic rings. The van der Waals surface area contributed by atoms with Crippen molar-refractivity contribution in [3.8, 4) is 0 Å². The van der Waals surface area contributed by atoms with E-state index in [0.717, 1.165) is 11.3 Å². The van der Waals surface area contributed by atoms with Crippen LogP contribution in [0.1, 0.15) is 5.69 Å². The van der Waals surface area contributed by atoms with Crippen molar-refractivity contribution < 1.29 is 0 Å². The molecule has 0 bridgehead atoms. The number of aromatic nitrogens is 1. The lowest BCUT2D eigenvalue weighted by atomic mass is 10.1. The maximum Gasteiger partial charge on any atom is 0.0708 e. The minimum absolute atomic E-state index is 0.981. The van der Waals surface area contributed by atoms with Gasteiger partial charge in [-0.15, -0.1) is 5.73 Å². The topological polar surface area (TPSA) is 12.9 Å². The van der Waals surface area contributed by atoms with Gasteiger partial charge in [-0.1, -0.05) is 24.3 Å². The third-order valence-electron chi connectivity index (χ3n) is 1.78. The van der Waals surface area contributed by atoms with E-state index in [0.29, 0.717) is 0 Å². The lowest BCUT2D eigenvalue weighted by molar-refractivity contribution is 1.28. The smallest absolute Gasteiger partial charge is 0.0708 e. The molecule has 0 aliphatic heterocycles. The Hall–Kier alpha value is -1.85. The first-order valence-electron chi connectivity index (χ1n) is 4.18. The Morgan fingerprint density at radius 1 is 1.15 bits per heavy atom. The Kier molecular flexibility index (Phi) is 2.22. The molecular formula is C12H9N. The molecule has 0 amide bonds. The summed E-state index contributed by atoms with van der Waals surface area (Å²) in [6, 6.07) is 5.88. The minimum Gasteiger partial charge on any atom is -0.256 e. The number of allylic oxidation sites excluding steroid dienone is 5. The van der Waals surface area contributed by atoms with E-state index in [4.69, 9.17) is 0 Å². The fourth-order valence-corrected chi connectivity index (χ4v) is 1.15. The van der Waals surface area contributed by atoms with Crippen molar-refractivity contribution in [3.05, 3.63) is 66.2 Å². The van der Waals surface area contributed by atoms with E-state index < -0.39 is 0 Å². The molecular weight excluding hydrogens is 158 g/mol. The zero-order valence-corrected chi connectivity index (χ0v) is 7.14. The summed E-state index contributed by atoms with van der Waals surface area (Å²) in [7, 11) is 0. The number of rotatable bonds is 1. The van der Waals surface area contributed by atoms with Crippen LogP contribution in [0.15, 0.2) is 60.5 Å². The second-order valence-electron chi connectivity index (χ2n) is 2.70. The van der Waals surface area contributed by atoms with Gasteiger partial charge in [0.25, 0.3) is 0 Å². The van der Waals surface area contributed by atoms with E-state index in [1.165, 1.54) is 0 Å². The summed E-state index contributed by atoms with van der Waals surface area (Å²) in [6.07, 6.45) is 11.6. The van der Waals surface area contributed by atoms with E-state index >= 15 is 0 Å². The van der Waals surface area contributed by atoms with Gasteiger partial charge >= 0.3 is 0 Å². The summed E-state index contributed by atoms with van der Waals surface area (Å²) in [5.74, 6) is 0. The standard InChI is InChI=1S/C12H9N/c1-2-4-8-11(7-3-1)12-9-5-6-10-13-12/h1-3,5-10H. The van der Waals surface area contributed by atoms with Gasteiger partial charge in [-0.2, -0.15) is 0 Å². The second-order valence-corrected chi connectivity index (χ2v) is 2.70. The van der Waals surface area contributed by atoms with Gasteiger partial charge < -0.3 is 0 Å². The van der Waals surface area contributed by atoms with E-state index in [-0.39, 0.29) is 0 Å². The first-order chi connectivity index (χ1) is 6.47. The summed E-state index contributed by atoms with van der Waals surface area (Å²) in [6.45, 7) is 0. The molecule has 1 nitrogen and oxygen atoms in total. The predicted octanol–water partition coefficient (Wildman–Crippen LogP) is 2.75. The highest BCUT2D eigenvalue weighted by Crippen LogP contribution is 2.13. The molecule has 0 spiro atoms. The molecule has 0 saturated heterocycles. The Morgan fingerprint density at radius 3 is 3.00 bits per heavy atom. The monoisotopic (exact) mass is 167 g/mol. The number of nitrogens with zero attached hydrogens (tertiary/aromatic N) is 1. The number of hydrogen-bond donors (Lipinski definition) is 0. The summed E-state index contributed by atoms with van der Waals surface area (Å²) in [5, 5.41) is 0. The van der Waals surface area contributed by atoms with Gasteiger partial charge in [0.2, 0.25) is 0 Å². The van der Waals surface area contributed by atoms with Crippen LogP contribution in [0.25, 0.3) is 5.57 Å². The molecule has 0 aromatic carbocycles. The molecule has 1 aliphatic carbocycles. The molecule has 1 heteroatoms. The van der Waals surface area contributed by atoms with Gasteiger partial charge in [-0.25, -0.2) is 0 Å². The Balaban J connectivity index is 2.42. The normalized spacial score (nSPS) is 14.0. The first-order valence-corrected chi connectivity index (χ1v) is 4.18. The Bertz CT molecular complexity index is 404. The summed E-state index contributed by atoms with van der Waals surface area (Å²) < 4.78 is 0. The van der Waals surface area contributed by atoms with Crippen molar-refractivity contribution in [1.29, 1.82) is 0 Å². The fraction of sp³-hybridized carbons (Fsp3) is 0. The highest BCUT2D eigenvalue weighted by Gasteiger charge is 1.96. The van der Waals surface area contributed by atoms with Gasteiger partial charge in [0.05, 0.1) is 5.69 Å². The Labute approximate surface area is 77.4 Å². The van der Waals surface area contributed by atoms with E-state index in [1.54, 1.807) is 6.20 Å². The lowest BCUT2D eigenvalue weighted by Gasteiger charge is -1.97. The maximum absolute atomic E-state index is 4.26. The molecule has 0 atom stereocenters. The number of hydrogen-bond acceptors (Lipinski definition) is 1. The molecule has 0 N–H and O–H groups in total. The van der Waals surface area contributed by atoms with Crippen LogP contribution < -0.4 is 0 Å². The summed E-state index contributed by atoms with van der Waals surface area (Å²) in [4.78, 5) is 4.26. The lowest BCUT2D eigenvalue weighted by Crippen LogP contribution is -1.83. The van der Waals surface area contributed by atoms with Gasteiger partial charge in [0.1, 0.15) is 0 Å². The molecule has 0 saturated carbocycles. The molecule has 1 heterocycles. The zero-order valence-electron chi connectivity index (χ0n) is 7.14. The van der Waals surface area contributed by atoms with Crippen LogP contribution >= 0.6 is 0 Å². The number of pyridine rings is 1. The van der Waals surface area contributed by atoms with Crippen molar-refractivity contribution in [2.24, 2.45) is 0 Å². The van der Waals surface area contributed by atoms with Crippen LogP contribution in [-0.4, -0.2) is 4.98 Å². The van der Waals surface area contributed by atoms with Gasteiger partial charge in [-0.3, -0.25) is 4.98 Å². The van der Waals surface area contributed by atoms with E-state index in [2.05, 4.69) is 10.7 Å². The molecule has 0 fully saturated rings. The Morgan fingerprint density at radius 2 is 2.15 bits per heavy atom. The average Bonchev–Trinajstić information content (AvgIpc) is 2.47. The molecule has 0 radical (unpaired) electrons. The van der Waals surface area contributed by atoms with E-state index in [1.807, 2.05) is 48.6 Å². The molecule has 62 valence electrons. The van der Waals surface area contributed by atoms with Crippen molar-refractivity contribution in [1.82, 2.24) is 4.98 Å². The molecule has 1 aromatic rings. The third-order valence-corrected chi connectivity index (χ3v) is 1.78. The largest absolute Gasteiger partial charge is 0.256 e. The van der Waals surface area contributed by atoms with E-state index in [9.17, 15) is 0 Å². The molecule has 13 heavy (non-hydrogen) atoms. The molecule has 1 aromatic heterocycles. The van der Waals surface area contributed by atoms with Crippen LogP contribution in [0.4, 0.5) is 0 Å². The van der Waals surface area contributed by atoms with Crippen molar-refractivity contribution in [2.45, 2.75) is 0 Å². The van der Waals surface area contributed by atoms with Crippen molar-refractivity contribution >= 4 is 5.57 Å². The van der Waals surface area contributed by atoms with Crippen LogP contribution in [-0.2, 0) is 0 Å². The maximum atomic E-state index is 4.26. The summed E-state index contributed by atoms with van der Waals surface area (Å²) >= 11 is 0. The highest BCUT2D eigenvalue weighted by atomic mass is 14.7. The van der Waals surface area contributed by atoms with Gasteiger partial charge in [0, 0.05) is 11.8 Å². The minimum atomic E-state index is 0.981. The van der Waals surface area contributed by atoms with Gasteiger partial charge in [-0.05, 0) is 24.3 Å². The van der Waals surface area contributed by atoms with Crippen LogP contribution in [0.2, 0.25) is 0 Å². The second kappa shape index (κ2) is 3.70. The summed E-state index contributed by atoms with van der Waals surface area (Å²) in [5.41, 5.74) is 5.12. The SMILES string of the molecule is C1=CC=CC=C(c2ccccn2)C=1. The highest BCUT2D eigenvalue weighted by molar-refractivity contribution is 5.73. The van der Waals surface area contributed by atoms with Gasteiger partial charge in [0.15, 0.2) is 0 Å². The molecule has 0 unspecified atom stereocenters.